The summed E-state index contributed by atoms with van der Waals surface area (Å²) >= 11 is 1.74. The van der Waals surface area contributed by atoms with Gasteiger partial charge in [0.1, 0.15) is 5.75 Å². The van der Waals surface area contributed by atoms with Crippen molar-refractivity contribution >= 4 is 29.3 Å². The molecular formula is C23H20N2O3S. The molecule has 3 aromatic rings. The van der Waals surface area contributed by atoms with Crippen LogP contribution in [0.1, 0.15) is 22.0 Å². The van der Waals surface area contributed by atoms with Crippen molar-refractivity contribution in [2.75, 3.05) is 17.3 Å². The summed E-state index contributed by atoms with van der Waals surface area (Å²) in [6, 6.07) is 24.4. The van der Waals surface area contributed by atoms with E-state index in [-0.39, 0.29) is 24.1 Å². The average Bonchev–Trinajstić information content (AvgIpc) is 2.77. The molecule has 6 heteroatoms. The summed E-state index contributed by atoms with van der Waals surface area (Å²) in [5.74, 6) is 0.301. The zero-order chi connectivity index (χ0) is 20.2. The fraction of sp³-hybridized carbons (Fsp3) is 0.130. The molecule has 0 radical (unpaired) electrons. The highest BCUT2D eigenvalue weighted by Crippen LogP contribution is 2.43. The van der Waals surface area contributed by atoms with Crippen molar-refractivity contribution in [2.45, 2.75) is 10.9 Å². The van der Waals surface area contributed by atoms with Gasteiger partial charge in [-0.25, -0.2) is 0 Å². The minimum absolute atomic E-state index is 0.0985. The number of carbonyl (C=O) groups excluding carboxylic acids is 2. The second-order valence-electron chi connectivity index (χ2n) is 6.62. The Balaban J connectivity index is 1.63. The summed E-state index contributed by atoms with van der Waals surface area (Å²) in [5, 5.41) is 0. The number of hydrogen-bond acceptors (Lipinski definition) is 4. The first-order valence-electron chi connectivity index (χ1n) is 9.25. The van der Waals surface area contributed by atoms with Gasteiger partial charge in [-0.05, 0) is 29.8 Å². The molecule has 0 bridgehead atoms. The van der Waals surface area contributed by atoms with E-state index in [0.29, 0.717) is 5.75 Å². The number of rotatable bonds is 5. The molecule has 0 saturated carbocycles. The number of ether oxygens (including phenoxy) is 1. The molecule has 1 aliphatic rings. The number of primary amides is 1. The van der Waals surface area contributed by atoms with Gasteiger partial charge in [0.05, 0.1) is 17.3 Å². The maximum atomic E-state index is 13.3. The molecule has 1 unspecified atom stereocenters. The van der Waals surface area contributed by atoms with Gasteiger partial charge in [0.25, 0.3) is 11.8 Å². The van der Waals surface area contributed by atoms with E-state index in [1.165, 1.54) is 0 Å². The lowest BCUT2D eigenvalue weighted by Crippen LogP contribution is -2.41. The summed E-state index contributed by atoms with van der Waals surface area (Å²) < 4.78 is 5.71. The third kappa shape index (κ3) is 3.98. The molecule has 2 amide bonds. The summed E-state index contributed by atoms with van der Waals surface area (Å²) in [4.78, 5) is 27.7. The number of nitrogens with two attached hydrogens (primary N) is 1. The highest BCUT2D eigenvalue weighted by atomic mass is 32.2. The van der Waals surface area contributed by atoms with Gasteiger partial charge in [-0.2, -0.15) is 0 Å². The first-order valence-corrected chi connectivity index (χ1v) is 10.2. The van der Waals surface area contributed by atoms with Crippen molar-refractivity contribution < 1.29 is 14.3 Å². The SMILES string of the molecule is NC(=O)c1ccccc1OCC(=O)N1c2ccccc2SCC1c1ccccc1. The second-order valence-corrected chi connectivity index (χ2v) is 7.68. The molecule has 0 fully saturated rings. The van der Waals surface area contributed by atoms with Crippen molar-refractivity contribution in [2.24, 2.45) is 5.73 Å². The van der Waals surface area contributed by atoms with Crippen LogP contribution in [0.2, 0.25) is 0 Å². The van der Waals surface area contributed by atoms with Crippen molar-refractivity contribution in [3.8, 4) is 5.75 Å². The highest BCUT2D eigenvalue weighted by Gasteiger charge is 2.32. The minimum Gasteiger partial charge on any atom is -0.483 e. The molecule has 1 aliphatic heterocycles. The fourth-order valence-electron chi connectivity index (χ4n) is 3.42. The van der Waals surface area contributed by atoms with Crippen LogP contribution >= 0.6 is 11.8 Å². The number of amides is 2. The lowest BCUT2D eigenvalue weighted by molar-refractivity contribution is -0.121. The third-order valence-corrected chi connectivity index (χ3v) is 5.93. The lowest BCUT2D eigenvalue weighted by Gasteiger charge is -2.37. The predicted octanol–water partition coefficient (Wildman–Crippen LogP) is 4.04. The van der Waals surface area contributed by atoms with Crippen LogP contribution in [-0.2, 0) is 4.79 Å². The van der Waals surface area contributed by atoms with Gasteiger partial charge in [-0.1, -0.05) is 54.6 Å². The number of para-hydroxylation sites is 2. The standard InChI is InChI=1S/C23H20N2O3S/c24-23(27)17-10-4-6-12-20(17)28-14-22(26)25-18-11-5-7-13-21(18)29-15-19(25)16-8-2-1-3-9-16/h1-13,19H,14-15H2,(H2,24,27). The summed E-state index contributed by atoms with van der Waals surface area (Å²) in [7, 11) is 0. The maximum absolute atomic E-state index is 13.3. The molecule has 146 valence electrons. The van der Waals surface area contributed by atoms with Crippen LogP contribution in [0.25, 0.3) is 0 Å². The van der Waals surface area contributed by atoms with Crippen LogP contribution in [0, 0.1) is 0 Å². The second kappa shape index (κ2) is 8.41. The predicted molar refractivity (Wildman–Crippen MR) is 114 cm³/mol. The van der Waals surface area contributed by atoms with Crippen LogP contribution in [0.3, 0.4) is 0 Å². The van der Waals surface area contributed by atoms with Crippen molar-refractivity contribution in [1.29, 1.82) is 0 Å². The van der Waals surface area contributed by atoms with E-state index >= 15 is 0 Å². The van der Waals surface area contributed by atoms with Gasteiger partial charge in [0.2, 0.25) is 0 Å². The third-order valence-electron chi connectivity index (χ3n) is 4.79. The lowest BCUT2D eigenvalue weighted by atomic mass is 10.1. The van der Waals surface area contributed by atoms with E-state index in [1.54, 1.807) is 40.9 Å². The number of anilines is 1. The smallest absolute Gasteiger partial charge is 0.265 e. The number of fused-ring (bicyclic) bond motifs is 1. The normalized spacial score (nSPS) is 15.4. The fourth-order valence-corrected chi connectivity index (χ4v) is 4.59. The zero-order valence-corrected chi connectivity index (χ0v) is 16.5. The Morgan fingerprint density at radius 2 is 1.66 bits per heavy atom. The largest absolute Gasteiger partial charge is 0.483 e. The molecule has 2 N–H and O–H groups in total. The molecule has 0 aromatic heterocycles. The van der Waals surface area contributed by atoms with Gasteiger partial charge in [-0.3, -0.25) is 14.5 Å². The molecule has 1 atom stereocenters. The van der Waals surface area contributed by atoms with Crippen LogP contribution in [0.5, 0.6) is 5.75 Å². The van der Waals surface area contributed by atoms with Gasteiger partial charge in [-0.15, -0.1) is 11.8 Å². The Bertz CT molecular complexity index is 1040. The monoisotopic (exact) mass is 404 g/mol. The summed E-state index contributed by atoms with van der Waals surface area (Å²) in [5.41, 5.74) is 7.61. The molecule has 0 spiro atoms. The Kier molecular flexibility index (Phi) is 5.53. The number of benzene rings is 3. The van der Waals surface area contributed by atoms with Crippen LogP contribution in [0.4, 0.5) is 5.69 Å². The van der Waals surface area contributed by atoms with Crippen LogP contribution in [0.15, 0.2) is 83.8 Å². The number of hydrogen-bond donors (Lipinski definition) is 1. The van der Waals surface area contributed by atoms with E-state index in [2.05, 4.69) is 0 Å². The van der Waals surface area contributed by atoms with Crippen molar-refractivity contribution in [1.82, 2.24) is 0 Å². The molecule has 29 heavy (non-hydrogen) atoms. The number of nitrogens with zero attached hydrogens (tertiary/aromatic N) is 1. The Hall–Kier alpha value is -3.25. The maximum Gasteiger partial charge on any atom is 0.265 e. The average molecular weight is 404 g/mol. The Labute approximate surface area is 173 Å². The van der Waals surface area contributed by atoms with Gasteiger partial charge >= 0.3 is 0 Å². The van der Waals surface area contributed by atoms with E-state index in [1.807, 2.05) is 54.6 Å². The number of carbonyl (C=O) groups is 2. The molecule has 0 aliphatic carbocycles. The molecule has 5 nitrogen and oxygen atoms in total. The molecule has 3 aromatic carbocycles. The molecule has 1 heterocycles. The molecular weight excluding hydrogens is 384 g/mol. The molecule has 4 rings (SSSR count). The van der Waals surface area contributed by atoms with E-state index in [9.17, 15) is 9.59 Å². The van der Waals surface area contributed by atoms with Gasteiger partial charge in [0.15, 0.2) is 6.61 Å². The Morgan fingerprint density at radius 3 is 2.45 bits per heavy atom. The minimum atomic E-state index is -0.588. The number of thioether (sulfide) groups is 1. The van der Waals surface area contributed by atoms with E-state index in [4.69, 9.17) is 10.5 Å². The topological polar surface area (TPSA) is 72.6 Å². The van der Waals surface area contributed by atoms with Gasteiger partial charge < -0.3 is 10.5 Å². The van der Waals surface area contributed by atoms with Crippen LogP contribution < -0.4 is 15.4 Å². The first kappa shape index (κ1) is 19.1. The first-order chi connectivity index (χ1) is 14.1. The van der Waals surface area contributed by atoms with Crippen LogP contribution in [-0.4, -0.2) is 24.2 Å². The summed E-state index contributed by atoms with van der Waals surface area (Å²) in [6.45, 7) is -0.188. The summed E-state index contributed by atoms with van der Waals surface area (Å²) in [6.07, 6.45) is 0. The van der Waals surface area contributed by atoms with E-state index in [0.717, 1.165) is 21.9 Å². The van der Waals surface area contributed by atoms with Gasteiger partial charge in [0, 0.05) is 10.6 Å². The van der Waals surface area contributed by atoms with Crippen molar-refractivity contribution in [3.05, 3.63) is 90.0 Å². The highest BCUT2D eigenvalue weighted by molar-refractivity contribution is 7.99. The Morgan fingerprint density at radius 1 is 0.966 bits per heavy atom. The quantitative estimate of drug-likeness (QED) is 0.696. The van der Waals surface area contributed by atoms with Crippen molar-refractivity contribution in [3.63, 3.8) is 0 Å². The molecule has 0 saturated heterocycles. The van der Waals surface area contributed by atoms with E-state index < -0.39 is 5.91 Å². The zero-order valence-electron chi connectivity index (χ0n) is 15.7.